The van der Waals surface area contributed by atoms with Gasteiger partial charge in [-0.25, -0.2) is 9.67 Å². The molecule has 3 heterocycles. The highest BCUT2D eigenvalue weighted by Gasteiger charge is 2.27. The van der Waals surface area contributed by atoms with Gasteiger partial charge < -0.3 is 10.1 Å². The number of likely N-dealkylation sites (tertiary alicyclic amines) is 1. The zero-order valence-corrected chi connectivity index (χ0v) is 24.7. The molecule has 42 heavy (non-hydrogen) atoms. The molecule has 1 atom stereocenters. The highest BCUT2D eigenvalue weighted by Crippen LogP contribution is 2.41. The summed E-state index contributed by atoms with van der Waals surface area (Å²) in [7, 11) is 3.02. The number of hydrogen-bond acceptors (Lipinski definition) is 8. The summed E-state index contributed by atoms with van der Waals surface area (Å²) in [6.45, 7) is 3.73. The number of anilines is 1. The average Bonchev–Trinajstić information content (AvgIpc) is 3.45. The molecule has 0 aliphatic carbocycles. The summed E-state index contributed by atoms with van der Waals surface area (Å²) < 4.78 is 6.68. The van der Waals surface area contributed by atoms with E-state index in [2.05, 4.69) is 25.3 Å². The fourth-order valence-corrected chi connectivity index (χ4v) is 5.56. The van der Waals surface area contributed by atoms with E-state index in [4.69, 9.17) is 27.9 Å². The number of nitrogens with zero attached hydrogens (tertiary/aromatic N) is 5. The summed E-state index contributed by atoms with van der Waals surface area (Å²) in [5, 5.41) is 7.17. The number of Topliss-reactive ketones (excluding diaryl/α,β-unsaturated/α-hetero) is 1. The minimum atomic E-state index is -0.608. The van der Waals surface area contributed by atoms with Crippen LogP contribution in [0, 0.1) is 5.92 Å². The van der Waals surface area contributed by atoms with Crippen LogP contribution in [-0.2, 0) is 18.4 Å². The standard InChI is InChI=1S/C30H28Cl2N6O4/c1-17(39)18-11-13-38(15-18)16-19-14-33-27(36-29(19)42-3)22-8-4-6-20(25(22)31)21-7-5-9-24(26(21)32)35-28(40)23-10-12-34-37(2)30(23)41/h4-10,12,14,18H,11,13,15-16H2,1-3H3,(H,35,40). The number of aromatic nitrogens is 4. The van der Waals surface area contributed by atoms with E-state index in [1.807, 2.05) is 12.1 Å². The van der Waals surface area contributed by atoms with Crippen LogP contribution >= 0.6 is 23.2 Å². The topological polar surface area (TPSA) is 119 Å². The van der Waals surface area contributed by atoms with E-state index >= 15 is 0 Å². The van der Waals surface area contributed by atoms with E-state index in [1.54, 1.807) is 44.5 Å². The predicted molar refractivity (Wildman–Crippen MR) is 161 cm³/mol. The van der Waals surface area contributed by atoms with E-state index in [-0.39, 0.29) is 22.3 Å². The normalized spacial score (nSPS) is 15.0. The van der Waals surface area contributed by atoms with Crippen molar-refractivity contribution in [1.82, 2.24) is 24.6 Å². The molecule has 10 nitrogen and oxygen atoms in total. The van der Waals surface area contributed by atoms with Gasteiger partial charge in [-0.3, -0.25) is 19.3 Å². The van der Waals surface area contributed by atoms with E-state index in [1.165, 1.54) is 19.3 Å². The van der Waals surface area contributed by atoms with Crippen molar-refractivity contribution in [1.29, 1.82) is 0 Å². The Morgan fingerprint density at radius 3 is 2.50 bits per heavy atom. The van der Waals surface area contributed by atoms with E-state index in [0.717, 1.165) is 23.2 Å². The van der Waals surface area contributed by atoms with Gasteiger partial charge in [-0.05, 0) is 38.1 Å². The van der Waals surface area contributed by atoms with Crippen molar-refractivity contribution in [2.24, 2.45) is 13.0 Å². The van der Waals surface area contributed by atoms with Gasteiger partial charge in [-0.1, -0.05) is 47.5 Å². The maximum absolute atomic E-state index is 12.9. The van der Waals surface area contributed by atoms with Crippen molar-refractivity contribution < 1.29 is 14.3 Å². The molecule has 1 fully saturated rings. The number of halogens is 2. The van der Waals surface area contributed by atoms with Crippen LogP contribution in [0.25, 0.3) is 22.5 Å². The van der Waals surface area contributed by atoms with Crippen LogP contribution in [0.2, 0.25) is 10.0 Å². The van der Waals surface area contributed by atoms with Gasteiger partial charge in [0, 0.05) is 60.7 Å². The molecular weight excluding hydrogens is 579 g/mol. The molecule has 5 rings (SSSR count). The number of amides is 1. The van der Waals surface area contributed by atoms with Crippen LogP contribution in [-0.4, -0.2) is 56.5 Å². The summed E-state index contributed by atoms with van der Waals surface area (Å²) in [5.41, 5.74) is 2.29. The van der Waals surface area contributed by atoms with Crippen LogP contribution in [0.3, 0.4) is 0 Å². The first-order valence-corrected chi connectivity index (χ1v) is 14.0. The van der Waals surface area contributed by atoms with Gasteiger partial charge in [0.05, 0.1) is 22.8 Å². The molecule has 0 bridgehead atoms. The third kappa shape index (κ3) is 5.92. The molecule has 2 aromatic heterocycles. The number of hydrogen-bond donors (Lipinski definition) is 1. The highest BCUT2D eigenvalue weighted by atomic mass is 35.5. The van der Waals surface area contributed by atoms with Crippen molar-refractivity contribution in [2.45, 2.75) is 19.9 Å². The summed E-state index contributed by atoms with van der Waals surface area (Å²) in [5.74, 6) is 0.457. The Kier molecular flexibility index (Phi) is 8.67. The first kappa shape index (κ1) is 29.4. The first-order valence-electron chi connectivity index (χ1n) is 13.2. The largest absolute Gasteiger partial charge is 0.481 e. The number of ketones is 1. The van der Waals surface area contributed by atoms with Crippen molar-refractivity contribution in [3.63, 3.8) is 0 Å². The number of carbonyl (C=O) groups is 2. The van der Waals surface area contributed by atoms with E-state index in [9.17, 15) is 14.4 Å². The number of carbonyl (C=O) groups excluding carboxylic acids is 2. The molecule has 0 saturated carbocycles. The lowest BCUT2D eigenvalue weighted by Gasteiger charge is -2.17. The third-order valence-electron chi connectivity index (χ3n) is 7.29. The molecule has 12 heteroatoms. The Hall–Kier alpha value is -4.12. The second-order valence-corrected chi connectivity index (χ2v) is 10.8. The molecule has 2 aromatic carbocycles. The van der Waals surface area contributed by atoms with Crippen molar-refractivity contribution in [3.05, 3.63) is 86.4 Å². The summed E-state index contributed by atoms with van der Waals surface area (Å²) in [6.07, 6.45) is 3.94. The smallest absolute Gasteiger partial charge is 0.279 e. The molecule has 0 spiro atoms. The molecule has 1 aliphatic rings. The third-order valence-corrected chi connectivity index (χ3v) is 8.10. The minimum Gasteiger partial charge on any atom is -0.481 e. The number of aryl methyl sites for hydroxylation is 1. The monoisotopic (exact) mass is 606 g/mol. The lowest BCUT2D eigenvalue weighted by atomic mass is 10.0. The van der Waals surface area contributed by atoms with Gasteiger partial charge in [0.2, 0.25) is 5.88 Å². The zero-order valence-electron chi connectivity index (χ0n) is 23.2. The Morgan fingerprint density at radius 1 is 1.07 bits per heavy atom. The van der Waals surface area contributed by atoms with Gasteiger partial charge in [0.25, 0.3) is 11.5 Å². The van der Waals surface area contributed by atoms with Crippen LogP contribution in [0.1, 0.15) is 29.3 Å². The van der Waals surface area contributed by atoms with Crippen molar-refractivity contribution in [2.75, 3.05) is 25.5 Å². The molecule has 1 unspecified atom stereocenters. The fourth-order valence-electron chi connectivity index (χ4n) is 4.97. The minimum absolute atomic E-state index is 0.0550. The first-order chi connectivity index (χ1) is 20.2. The molecular formula is C30H28Cl2N6O4. The Labute approximate surface area is 252 Å². The van der Waals surface area contributed by atoms with Crippen LogP contribution in [0.5, 0.6) is 5.88 Å². The van der Waals surface area contributed by atoms with Gasteiger partial charge in [-0.2, -0.15) is 10.1 Å². The van der Waals surface area contributed by atoms with Gasteiger partial charge >= 0.3 is 0 Å². The van der Waals surface area contributed by atoms with Gasteiger partial charge in [0.1, 0.15) is 11.3 Å². The summed E-state index contributed by atoms with van der Waals surface area (Å²) in [6, 6.07) is 11.9. The number of rotatable bonds is 8. The maximum Gasteiger partial charge on any atom is 0.279 e. The zero-order chi connectivity index (χ0) is 30.0. The van der Waals surface area contributed by atoms with Gasteiger partial charge in [-0.15, -0.1) is 0 Å². The maximum atomic E-state index is 12.9. The van der Waals surface area contributed by atoms with E-state index in [0.29, 0.717) is 52.2 Å². The highest BCUT2D eigenvalue weighted by molar-refractivity contribution is 6.39. The molecule has 4 aromatic rings. The fraction of sp³-hybridized carbons (Fsp3) is 0.267. The lowest BCUT2D eigenvalue weighted by molar-refractivity contribution is -0.120. The van der Waals surface area contributed by atoms with Crippen LogP contribution in [0.4, 0.5) is 5.69 Å². The van der Waals surface area contributed by atoms with Crippen molar-refractivity contribution in [3.8, 4) is 28.4 Å². The molecule has 0 radical (unpaired) electrons. The number of benzene rings is 2. The van der Waals surface area contributed by atoms with E-state index < -0.39 is 11.5 Å². The number of ether oxygens (including phenoxy) is 1. The quantitative estimate of drug-likeness (QED) is 0.301. The van der Waals surface area contributed by atoms with Crippen LogP contribution in [0.15, 0.2) is 59.7 Å². The molecule has 1 aliphatic heterocycles. The number of methoxy groups -OCH3 is 1. The molecule has 216 valence electrons. The Balaban J connectivity index is 1.43. The SMILES string of the molecule is COc1nc(-c2cccc(-c3cccc(NC(=O)c4ccnn(C)c4=O)c3Cl)c2Cl)ncc1CN1CCC(C(C)=O)C1. The number of nitrogens with one attached hydrogen (secondary N) is 1. The molecule has 1 saturated heterocycles. The predicted octanol–water partition coefficient (Wildman–Crippen LogP) is 4.88. The molecule has 1 N–H and O–H groups in total. The Morgan fingerprint density at radius 2 is 1.79 bits per heavy atom. The summed E-state index contributed by atoms with van der Waals surface area (Å²) in [4.78, 5) is 48.4. The second kappa shape index (κ2) is 12.4. The molecule has 1 amide bonds. The summed E-state index contributed by atoms with van der Waals surface area (Å²) >= 11 is 13.7. The average molecular weight is 607 g/mol. The Bertz CT molecular complexity index is 1740. The second-order valence-electron chi connectivity index (χ2n) is 10.0. The van der Waals surface area contributed by atoms with Gasteiger partial charge in [0.15, 0.2) is 5.82 Å². The lowest BCUT2D eigenvalue weighted by Crippen LogP contribution is -2.28. The van der Waals surface area contributed by atoms with Crippen LogP contribution < -0.4 is 15.6 Å². The van der Waals surface area contributed by atoms with Crippen molar-refractivity contribution >= 4 is 40.6 Å².